The van der Waals surface area contributed by atoms with Gasteiger partial charge in [-0.25, -0.2) is 4.39 Å². The lowest BCUT2D eigenvalue weighted by atomic mass is 9.55. The molecule has 0 spiro atoms. The summed E-state index contributed by atoms with van der Waals surface area (Å²) in [5, 5.41) is 9.67. The molecule has 0 amide bonds. The molecule has 1 N–H and O–H groups in total. The first-order chi connectivity index (χ1) is 8.38. The van der Waals surface area contributed by atoms with Crippen LogP contribution in [-0.2, 0) is 10.2 Å². The van der Waals surface area contributed by atoms with Gasteiger partial charge in [0.1, 0.15) is 5.82 Å². The average molecular weight is 271 g/mol. The van der Waals surface area contributed by atoms with Crippen molar-refractivity contribution < 1.29 is 14.3 Å². The van der Waals surface area contributed by atoms with Crippen LogP contribution in [0, 0.1) is 17.7 Å². The first-order valence-corrected chi connectivity index (χ1v) is 6.44. The molecule has 2 nitrogen and oxygen atoms in total. The van der Waals surface area contributed by atoms with Gasteiger partial charge in [-0.15, -0.1) is 0 Å². The summed E-state index contributed by atoms with van der Waals surface area (Å²) in [7, 11) is 0. The average Bonchev–Trinajstić information content (AvgIpc) is 2.19. The molecule has 1 aliphatic carbocycles. The van der Waals surface area contributed by atoms with Crippen LogP contribution in [-0.4, -0.2) is 11.1 Å². The minimum absolute atomic E-state index is 0.149. The van der Waals surface area contributed by atoms with E-state index in [-0.39, 0.29) is 10.6 Å². The van der Waals surface area contributed by atoms with E-state index in [9.17, 15) is 14.3 Å². The van der Waals surface area contributed by atoms with Crippen molar-refractivity contribution in [2.45, 2.75) is 32.1 Å². The smallest absolute Gasteiger partial charge is 0.314 e. The number of aliphatic carboxylic acids is 1. The summed E-state index contributed by atoms with van der Waals surface area (Å²) in [5.41, 5.74) is -0.992. The molecule has 1 saturated carbocycles. The van der Waals surface area contributed by atoms with E-state index in [1.165, 1.54) is 12.1 Å². The third-order valence-corrected chi connectivity index (χ3v) is 4.33. The summed E-state index contributed by atoms with van der Waals surface area (Å²) in [6.45, 7) is 4.11. The van der Waals surface area contributed by atoms with Gasteiger partial charge in [-0.05, 0) is 36.8 Å². The summed E-state index contributed by atoms with van der Waals surface area (Å²) in [6, 6.07) is 4.32. The van der Waals surface area contributed by atoms with Crippen LogP contribution in [0.2, 0.25) is 5.02 Å². The van der Waals surface area contributed by atoms with Gasteiger partial charge in [-0.1, -0.05) is 31.5 Å². The Labute approximate surface area is 111 Å². The van der Waals surface area contributed by atoms with Crippen LogP contribution in [0.4, 0.5) is 4.39 Å². The first kappa shape index (κ1) is 13.3. The van der Waals surface area contributed by atoms with E-state index in [0.29, 0.717) is 24.7 Å². The highest BCUT2D eigenvalue weighted by atomic mass is 35.5. The highest BCUT2D eigenvalue weighted by Crippen LogP contribution is 2.53. The van der Waals surface area contributed by atoms with Gasteiger partial charge >= 0.3 is 5.97 Å². The Kier molecular flexibility index (Phi) is 3.37. The van der Waals surface area contributed by atoms with E-state index >= 15 is 0 Å². The van der Waals surface area contributed by atoms with Gasteiger partial charge in [-0.3, -0.25) is 4.79 Å². The Morgan fingerprint density at radius 2 is 2.11 bits per heavy atom. The Bertz CT molecular complexity index is 458. The lowest BCUT2D eigenvalue weighted by molar-refractivity contribution is -0.151. The number of halogens is 2. The zero-order valence-electron chi connectivity index (χ0n) is 10.4. The number of carboxylic acids is 1. The molecule has 4 heteroatoms. The molecule has 98 valence electrons. The first-order valence-electron chi connectivity index (χ1n) is 6.06. The zero-order chi connectivity index (χ0) is 13.5. The lowest BCUT2D eigenvalue weighted by Crippen LogP contribution is -2.50. The maximum absolute atomic E-state index is 13.9. The third-order valence-electron chi connectivity index (χ3n) is 4.01. The Morgan fingerprint density at radius 1 is 1.50 bits per heavy atom. The van der Waals surface area contributed by atoms with E-state index in [1.54, 1.807) is 6.07 Å². The van der Waals surface area contributed by atoms with E-state index < -0.39 is 17.2 Å². The summed E-state index contributed by atoms with van der Waals surface area (Å²) < 4.78 is 13.9. The lowest BCUT2D eigenvalue weighted by Gasteiger charge is -2.47. The molecule has 0 aliphatic heterocycles. The Morgan fingerprint density at radius 3 is 2.56 bits per heavy atom. The van der Waals surface area contributed by atoms with Crippen molar-refractivity contribution in [2.24, 2.45) is 11.8 Å². The van der Waals surface area contributed by atoms with Crippen molar-refractivity contribution in [2.75, 3.05) is 0 Å². The standard InChI is InChI=1S/C14H16ClFO2/c1-8(2)9-6-14(7-9,13(17)18)12-10(15)4-3-5-11(12)16/h3-5,8-9H,6-7H2,1-2H3,(H,17,18). The minimum Gasteiger partial charge on any atom is -0.481 e. The molecule has 1 aromatic carbocycles. The maximum atomic E-state index is 13.9. The van der Waals surface area contributed by atoms with Crippen LogP contribution >= 0.6 is 11.6 Å². The van der Waals surface area contributed by atoms with Gasteiger partial charge in [0.15, 0.2) is 0 Å². The quantitative estimate of drug-likeness (QED) is 0.905. The highest BCUT2D eigenvalue weighted by molar-refractivity contribution is 6.31. The van der Waals surface area contributed by atoms with Gasteiger partial charge in [0.25, 0.3) is 0 Å². The number of carbonyl (C=O) groups is 1. The molecular formula is C14H16ClFO2. The molecule has 0 aromatic heterocycles. The molecule has 1 aliphatic rings. The molecule has 18 heavy (non-hydrogen) atoms. The summed E-state index contributed by atoms with van der Waals surface area (Å²) >= 11 is 5.99. The second-order valence-electron chi connectivity index (χ2n) is 5.40. The van der Waals surface area contributed by atoms with E-state index in [2.05, 4.69) is 13.8 Å². The molecule has 0 atom stereocenters. The van der Waals surface area contributed by atoms with Crippen molar-refractivity contribution in [1.82, 2.24) is 0 Å². The second kappa shape index (κ2) is 4.54. The molecule has 0 saturated heterocycles. The Hall–Kier alpha value is -1.09. The van der Waals surface area contributed by atoms with Crippen molar-refractivity contribution in [1.29, 1.82) is 0 Å². The molecule has 0 bridgehead atoms. The van der Waals surface area contributed by atoms with Gasteiger partial charge in [0.2, 0.25) is 0 Å². The minimum atomic E-state index is -1.14. The van der Waals surface area contributed by atoms with Gasteiger partial charge < -0.3 is 5.11 Å². The zero-order valence-corrected chi connectivity index (χ0v) is 11.2. The SMILES string of the molecule is CC(C)C1CC(C(=O)O)(c2c(F)cccc2Cl)C1. The number of carboxylic acid groups (broad SMARTS) is 1. The van der Waals surface area contributed by atoms with Gasteiger partial charge in [0, 0.05) is 10.6 Å². The predicted octanol–water partition coefficient (Wildman–Crippen LogP) is 3.87. The fourth-order valence-electron chi connectivity index (χ4n) is 2.75. The second-order valence-corrected chi connectivity index (χ2v) is 5.80. The van der Waals surface area contributed by atoms with Crippen LogP contribution in [0.3, 0.4) is 0 Å². The van der Waals surface area contributed by atoms with Gasteiger partial charge in [0.05, 0.1) is 5.41 Å². The fraction of sp³-hybridized carbons (Fsp3) is 0.500. The van der Waals surface area contributed by atoms with Crippen LogP contribution in [0.15, 0.2) is 18.2 Å². The summed E-state index contributed by atoms with van der Waals surface area (Å²) in [4.78, 5) is 11.6. The number of hydrogen-bond acceptors (Lipinski definition) is 1. The molecular weight excluding hydrogens is 255 g/mol. The largest absolute Gasteiger partial charge is 0.481 e. The number of benzene rings is 1. The molecule has 1 aromatic rings. The van der Waals surface area contributed by atoms with Crippen molar-refractivity contribution in [3.8, 4) is 0 Å². The molecule has 0 radical (unpaired) electrons. The third kappa shape index (κ3) is 1.91. The normalized spacial score (nSPS) is 27.1. The van der Waals surface area contributed by atoms with Crippen LogP contribution in [0.5, 0.6) is 0 Å². The summed E-state index contributed by atoms with van der Waals surface area (Å²) in [6.07, 6.45) is 0.918. The highest BCUT2D eigenvalue weighted by Gasteiger charge is 2.54. The molecule has 2 rings (SSSR count). The molecule has 0 unspecified atom stereocenters. The van der Waals surface area contributed by atoms with E-state index in [1.807, 2.05) is 0 Å². The van der Waals surface area contributed by atoms with Gasteiger partial charge in [-0.2, -0.15) is 0 Å². The van der Waals surface area contributed by atoms with Crippen molar-refractivity contribution in [3.05, 3.63) is 34.6 Å². The number of rotatable bonds is 3. The molecule has 0 heterocycles. The van der Waals surface area contributed by atoms with Crippen LogP contribution in [0.25, 0.3) is 0 Å². The summed E-state index contributed by atoms with van der Waals surface area (Å²) in [5.74, 6) is -0.779. The molecule has 1 fully saturated rings. The topological polar surface area (TPSA) is 37.3 Å². The maximum Gasteiger partial charge on any atom is 0.314 e. The van der Waals surface area contributed by atoms with Crippen molar-refractivity contribution in [3.63, 3.8) is 0 Å². The fourth-order valence-corrected chi connectivity index (χ4v) is 3.09. The van der Waals surface area contributed by atoms with Crippen LogP contribution < -0.4 is 0 Å². The Balaban J connectivity index is 2.43. The van der Waals surface area contributed by atoms with E-state index in [0.717, 1.165) is 0 Å². The predicted molar refractivity (Wildman–Crippen MR) is 68.3 cm³/mol. The number of hydrogen-bond donors (Lipinski definition) is 1. The van der Waals surface area contributed by atoms with Crippen molar-refractivity contribution >= 4 is 17.6 Å². The van der Waals surface area contributed by atoms with Crippen LogP contribution in [0.1, 0.15) is 32.3 Å². The van der Waals surface area contributed by atoms with E-state index in [4.69, 9.17) is 11.6 Å². The monoisotopic (exact) mass is 270 g/mol.